The van der Waals surface area contributed by atoms with Gasteiger partial charge in [-0.15, -0.1) is 0 Å². The van der Waals surface area contributed by atoms with E-state index in [1.165, 1.54) is 6.92 Å². The zero-order valence-corrected chi connectivity index (χ0v) is 8.35. The molecule has 6 heavy (non-hydrogen) atoms. The van der Waals surface area contributed by atoms with Crippen molar-refractivity contribution < 1.29 is 44.1 Å². The molecule has 0 saturated carbocycles. The van der Waals surface area contributed by atoms with Crippen molar-refractivity contribution in [2.45, 2.75) is 13.0 Å². The van der Waals surface area contributed by atoms with Crippen molar-refractivity contribution in [3.8, 4) is 6.07 Å². The first kappa shape index (κ1) is 10.00. The van der Waals surface area contributed by atoms with Crippen LogP contribution in [0.25, 0.3) is 5.73 Å². The van der Waals surface area contributed by atoms with Gasteiger partial charge in [0.1, 0.15) is 0 Å². The quantitative estimate of drug-likeness (QED) is 0.656. The molecule has 0 saturated heterocycles. The topological polar surface area (TPSA) is 47.6 Å². The van der Waals surface area contributed by atoms with Crippen LogP contribution < -0.4 is 0 Å². The van der Waals surface area contributed by atoms with Gasteiger partial charge >= 0.3 is 0 Å². The van der Waals surface area contributed by atoms with Gasteiger partial charge in [-0.2, -0.15) is 0 Å². The molecule has 0 bridgehead atoms. The summed E-state index contributed by atoms with van der Waals surface area (Å²) in [6.07, 6.45) is 0. The Labute approximate surface area is 73.3 Å². The largest absolute Gasteiger partial charge is 0.663 e. The van der Waals surface area contributed by atoms with E-state index in [2.05, 4.69) is 0 Å². The van der Waals surface area contributed by atoms with E-state index in [0.29, 0.717) is 0 Å². The summed E-state index contributed by atoms with van der Waals surface area (Å²) in [6, 6.07) is 1.13. The van der Waals surface area contributed by atoms with E-state index >= 15 is 0 Å². The molecule has 0 heterocycles. The summed E-state index contributed by atoms with van der Waals surface area (Å²) in [4.78, 5) is 0. The third-order valence-corrected chi connectivity index (χ3v) is 0.194. The van der Waals surface area contributed by atoms with Crippen LogP contribution in [0.1, 0.15) is 6.92 Å². The van der Waals surface area contributed by atoms with Crippen molar-refractivity contribution in [2.24, 2.45) is 0 Å². The van der Waals surface area contributed by atoms with Crippen molar-refractivity contribution in [3.05, 3.63) is 5.73 Å². The summed E-state index contributed by atoms with van der Waals surface area (Å²) in [7, 11) is 0. The number of rotatable bonds is 0. The fraction of sp³-hybridized carbons (Fsp3) is 0.667. The van der Waals surface area contributed by atoms with Gasteiger partial charge in [-0.1, -0.05) is 13.0 Å². The van der Waals surface area contributed by atoms with Gasteiger partial charge in [-0.25, -0.2) is 5.26 Å². The molecule has 0 spiro atoms. The van der Waals surface area contributed by atoms with Crippen LogP contribution in [-0.2, 0) is 0 Å². The first-order chi connectivity index (χ1) is 2.27. The van der Waals surface area contributed by atoms with Gasteiger partial charge in [-0.3, -0.25) is 0 Å². The van der Waals surface area contributed by atoms with Gasteiger partial charge in [0, 0.05) is 50.1 Å². The third-order valence-electron chi connectivity index (χ3n) is 0.194. The zero-order valence-electron chi connectivity index (χ0n) is 3.60. The predicted octanol–water partition coefficient (Wildman–Crippen LogP) is 0.951. The fourth-order valence-electron chi connectivity index (χ4n) is 0. The van der Waals surface area contributed by atoms with Crippen LogP contribution in [0.5, 0.6) is 0 Å². The van der Waals surface area contributed by atoms with Crippen LogP contribution in [0.4, 0.5) is 0 Å². The van der Waals surface area contributed by atoms with Gasteiger partial charge in [-0.05, 0) is 0 Å². The third kappa shape index (κ3) is 8.86. The van der Waals surface area contributed by atoms with Gasteiger partial charge in [0.05, 0.1) is 0 Å². The summed E-state index contributed by atoms with van der Waals surface area (Å²) in [5.74, 6) is 0. The molecule has 1 atom stereocenters. The number of hydrogen-bond acceptors (Lipinski definition) is 1. The molecule has 0 aliphatic rings. The predicted molar refractivity (Wildman–Crippen MR) is 19.4 cm³/mol. The Morgan fingerprint density at radius 1 is 1.83 bits per heavy atom. The van der Waals surface area contributed by atoms with E-state index in [-0.39, 0.29) is 44.1 Å². The van der Waals surface area contributed by atoms with Crippen LogP contribution >= 0.6 is 0 Å². The van der Waals surface area contributed by atoms with E-state index in [1.54, 1.807) is 6.07 Å². The average Bonchev–Trinajstić information content (AvgIpc) is 1.38. The van der Waals surface area contributed by atoms with Gasteiger partial charge in [0.15, 0.2) is 0 Å². The first-order valence-electron chi connectivity index (χ1n) is 1.38. The molecule has 0 aromatic carbocycles. The molecular weight excluding hydrogens is 291 g/mol. The summed E-state index contributed by atoms with van der Waals surface area (Å²) >= 11 is 0. The number of nitrogens with zero attached hydrogens (tertiary/aromatic N) is 1. The molecule has 0 aliphatic carbocycles. The molecule has 0 rings (SSSR count). The average molecular weight is 296 g/mol. The Hall–Kier alpha value is 0.892. The van der Waals surface area contributed by atoms with Gasteiger partial charge in [0.2, 0.25) is 0 Å². The zero-order chi connectivity index (χ0) is 4.28. The van der Waals surface area contributed by atoms with Crippen molar-refractivity contribution in [3.63, 3.8) is 0 Å². The number of nitriles is 1. The van der Waals surface area contributed by atoms with E-state index < -0.39 is 6.04 Å². The number of nitrogens with one attached hydrogen (secondary N) is 1. The monoisotopic (exact) mass is 296 g/mol. The minimum absolute atomic E-state index is 0. The van der Waals surface area contributed by atoms with E-state index in [9.17, 15) is 0 Å². The fourth-order valence-corrected chi connectivity index (χ4v) is 0. The second kappa shape index (κ2) is 5.89. The molecule has 31 valence electrons. The molecule has 2 nitrogen and oxygen atoms in total. The molecule has 3 heteroatoms. The minimum Gasteiger partial charge on any atom is -0.663 e. The maximum absolute atomic E-state index is 7.71. The maximum Gasteiger partial charge on any atom is 0.0425 e. The molecule has 0 fully saturated rings. The van der Waals surface area contributed by atoms with Crippen LogP contribution in [0, 0.1) is 55.4 Å². The molecule has 0 aromatic rings. The Bertz CT molecular complexity index is 54.3. The van der Waals surface area contributed by atoms with Crippen molar-refractivity contribution in [1.29, 1.82) is 5.26 Å². The Kier molecular flexibility index (Phi) is 9.82. The Morgan fingerprint density at radius 2 is 2.00 bits per heavy atom. The molecule has 0 amide bonds. The van der Waals surface area contributed by atoms with Gasteiger partial charge in [0.25, 0.3) is 0 Å². The smallest absolute Gasteiger partial charge is 0.0425 e. The van der Waals surface area contributed by atoms with Crippen LogP contribution in [0.2, 0.25) is 0 Å². The first-order valence-corrected chi connectivity index (χ1v) is 1.38. The van der Waals surface area contributed by atoms with E-state index in [0.717, 1.165) is 0 Å². The van der Waals surface area contributed by atoms with Crippen molar-refractivity contribution >= 4 is 0 Å². The standard InChI is InChI=1S/C3H5N2.Ac/c1-3(5)2-4;/h3,5H,1H3;/q-1;. The minimum atomic E-state index is -0.560. The molecule has 0 aromatic heterocycles. The number of hydrogen-bond donors (Lipinski definition) is 0. The summed E-state index contributed by atoms with van der Waals surface area (Å²) in [5, 5.41) is 7.71. The maximum atomic E-state index is 7.71. The summed E-state index contributed by atoms with van der Waals surface area (Å²) in [6.45, 7) is 1.53. The van der Waals surface area contributed by atoms with E-state index in [1.807, 2.05) is 0 Å². The second-order valence-corrected chi connectivity index (χ2v) is 0.851. The summed E-state index contributed by atoms with van der Waals surface area (Å²) in [5.41, 5.74) is 6.47. The van der Waals surface area contributed by atoms with Crippen molar-refractivity contribution in [1.82, 2.24) is 0 Å². The SMILES string of the molecule is CC([NH-])C#N.[Ac]. The molecule has 0 aliphatic heterocycles. The van der Waals surface area contributed by atoms with Crippen LogP contribution in [0.3, 0.4) is 0 Å². The Balaban J connectivity index is 0. The van der Waals surface area contributed by atoms with Crippen LogP contribution in [0.15, 0.2) is 0 Å². The van der Waals surface area contributed by atoms with Crippen molar-refractivity contribution in [2.75, 3.05) is 0 Å². The molecular formula is C3H5AcN2-. The molecule has 1 unspecified atom stereocenters. The van der Waals surface area contributed by atoms with E-state index in [4.69, 9.17) is 11.0 Å². The molecule has 1 radical (unpaired) electrons. The van der Waals surface area contributed by atoms with Gasteiger partial charge < -0.3 is 5.73 Å². The van der Waals surface area contributed by atoms with Crippen LogP contribution in [-0.4, -0.2) is 6.04 Å². The summed E-state index contributed by atoms with van der Waals surface area (Å²) < 4.78 is 0. The Morgan fingerprint density at radius 3 is 2.00 bits per heavy atom. The second-order valence-electron chi connectivity index (χ2n) is 0.851. The normalized spacial score (nSPS) is 10.8. The molecule has 1 N–H and O–H groups in total.